The Morgan fingerprint density at radius 1 is 1.10 bits per heavy atom. The van der Waals surface area contributed by atoms with Crippen molar-refractivity contribution in [3.8, 4) is 5.75 Å². The molecule has 6 heteroatoms. The SMILES string of the molecule is CN=Cc1ccccc1Pc1cccc(C)c1O.[Cl][Ti][Cl]. The summed E-state index contributed by atoms with van der Waals surface area (Å²) in [5, 5.41) is 12.2. The van der Waals surface area contributed by atoms with Crippen molar-refractivity contribution in [2.24, 2.45) is 4.99 Å². The molecule has 0 aromatic heterocycles. The molecule has 1 atom stereocenters. The molecule has 0 bridgehead atoms. The molecule has 0 spiro atoms. The number of rotatable bonds is 3. The van der Waals surface area contributed by atoms with Gasteiger partial charge in [0, 0.05) is 18.6 Å². The molecule has 1 unspecified atom stereocenters. The van der Waals surface area contributed by atoms with Crippen molar-refractivity contribution in [3.05, 3.63) is 53.6 Å². The fourth-order valence-corrected chi connectivity index (χ4v) is 3.02. The average molecular weight is 376 g/mol. The van der Waals surface area contributed by atoms with Gasteiger partial charge in [-0.15, -0.1) is 0 Å². The van der Waals surface area contributed by atoms with E-state index in [1.54, 1.807) is 7.05 Å². The molecule has 0 heterocycles. The van der Waals surface area contributed by atoms with E-state index in [9.17, 15) is 5.11 Å². The van der Waals surface area contributed by atoms with E-state index >= 15 is 0 Å². The number of para-hydroxylation sites is 1. The summed E-state index contributed by atoms with van der Waals surface area (Å²) in [6, 6.07) is 14.0. The van der Waals surface area contributed by atoms with Gasteiger partial charge < -0.3 is 5.11 Å². The van der Waals surface area contributed by atoms with E-state index in [1.165, 1.54) is 5.30 Å². The molecule has 1 N–H and O–H groups in total. The average Bonchev–Trinajstić information content (AvgIpc) is 2.47. The predicted octanol–water partition coefficient (Wildman–Crippen LogP) is 3.76. The van der Waals surface area contributed by atoms with Gasteiger partial charge in [-0.1, -0.05) is 51.0 Å². The number of aliphatic imine (C=N–C) groups is 1. The second-order valence-corrected chi connectivity index (χ2v) is 8.05. The standard InChI is InChI=1S/C15H16NOP.2ClH.Ti/c1-11-6-5-9-14(15(11)17)18-13-8-4-3-7-12(13)10-16-2;;;/h3-10,17-18H,1-2H3;2*1H;/q;;;+2/p-2. The predicted molar refractivity (Wildman–Crippen MR) is 92.1 cm³/mol. The number of aromatic hydroxyl groups is 1. The Morgan fingerprint density at radius 3 is 2.38 bits per heavy atom. The van der Waals surface area contributed by atoms with Crippen LogP contribution in [0.4, 0.5) is 0 Å². The Hall–Kier alpha value is -0.366. The van der Waals surface area contributed by atoms with Crippen molar-refractivity contribution >= 4 is 44.0 Å². The Kier molecular flexibility index (Phi) is 9.23. The van der Waals surface area contributed by atoms with Crippen LogP contribution in [0.5, 0.6) is 5.75 Å². The third kappa shape index (κ3) is 6.10. The molecule has 0 radical (unpaired) electrons. The number of hydrogen-bond donors (Lipinski definition) is 1. The number of nitrogens with zero attached hydrogens (tertiary/aromatic N) is 1. The van der Waals surface area contributed by atoms with Gasteiger partial charge in [-0.05, 0) is 23.4 Å². The molecule has 0 saturated heterocycles. The van der Waals surface area contributed by atoms with Crippen LogP contribution in [-0.2, 0) is 17.0 Å². The maximum absolute atomic E-state index is 10.1. The number of benzene rings is 2. The minimum absolute atomic E-state index is 0.402. The summed E-state index contributed by atoms with van der Waals surface area (Å²) >= 11 is -0.556. The molecular formula is C15H16Cl2NOPTi. The quantitative estimate of drug-likeness (QED) is 0.494. The summed E-state index contributed by atoms with van der Waals surface area (Å²) < 4.78 is 0. The van der Waals surface area contributed by atoms with E-state index in [0.717, 1.165) is 16.4 Å². The van der Waals surface area contributed by atoms with Crippen molar-refractivity contribution in [1.82, 2.24) is 0 Å². The Balaban J connectivity index is 0.000000677. The summed E-state index contributed by atoms with van der Waals surface area (Å²) in [5.41, 5.74) is 2.03. The molecule has 0 saturated carbocycles. The van der Waals surface area contributed by atoms with Crippen LogP contribution in [0.25, 0.3) is 0 Å². The Bertz CT molecular complexity index is 608. The first-order valence-electron chi connectivity index (χ1n) is 6.17. The molecule has 2 aromatic rings. The van der Waals surface area contributed by atoms with Crippen LogP contribution in [0.3, 0.4) is 0 Å². The summed E-state index contributed by atoms with van der Waals surface area (Å²) in [6.45, 7) is 1.92. The van der Waals surface area contributed by atoms with E-state index < -0.39 is 17.0 Å². The van der Waals surface area contributed by atoms with Gasteiger partial charge in [0.05, 0.1) is 0 Å². The number of hydrogen-bond acceptors (Lipinski definition) is 2. The monoisotopic (exact) mass is 375 g/mol. The van der Waals surface area contributed by atoms with Crippen molar-refractivity contribution < 1.29 is 22.1 Å². The number of halogens is 2. The van der Waals surface area contributed by atoms with Crippen LogP contribution >= 0.6 is 27.2 Å². The fourth-order valence-electron chi connectivity index (χ4n) is 1.77. The van der Waals surface area contributed by atoms with Crippen LogP contribution in [0, 0.1) is 6.92 Å². The van der Waals surface area contributed by atoms with E-state index in [0.29, 0.717) is 14.3 Å². The molecule has 110 valence electrons. The van der Waals surface area contributed by atoms with Crippen LogP contribution in [-0.4, -0.2) is 18.4 Å². The zero-order valence-corrected chi connectivity index (χ0v) is 15.8. The van der Waals surface area contributed by atoms with Gasteiger partial charge in [-0.25, -0.2) is 0 Å². The number of phenols is 1. The summed E-state index contributed by atoms with van der Waals surface area (Å²) in [6.07, 6.45) is 1.86. The zero-order chi connectivity index (χ0) is 15.7. The summed E-state index contributed by atoms with van der Waals surface area (Å²) in [7, 11) is 12.0. The van der Waals surface area contributed by atoms with E-state index in [1.807, 2.05) is 49.5 Å². The first-order chi connectivity index (χ1) is 10.1. The van der Waals surface area contributed by atoms with Crippen molar-refractivity contribution in [1.29, 1.82) is 0 Å². The van der Waals surface area contributed by atoms with Crippen LogP contribution < -0.4 is 10.6 Å². The molecular weight excluding hydrogens is 360 g/mol. The van der Waals surface area contributed by atoms with Gasteiger partial charge in [0.25, 0.3) is 0 Å². The van der Waals surface area contributed by atoms with Gasteiger partial charge >= 0.3 is 35.6 Å². The maximum atomic E-state index is 10.1. The molecule has 2 nitrogen and oxygen atoms in total. The van der Waals surface area contributed by atoms with Gasteiger partial charge in [0.15, 0.2) is 0 Å². The topological polar surface area (TPSA) is 32.6 Å². The van der Waals surface area contributed by atoms with Gasteiger partial charge in [-0.3, -0.25) is 4.99 Å². The van der Waals surface area contributed by atoms with E-state index in [2.05, 4.69) is 11.1 Å². The molecule has 0 fully saturated rings. The number of aryl methyl sites for hydroxylation is 1. The molecule has 21 heavy (non-hydrogen) atoms. The van der Waals surface area contributed by atoms with Gasteiger partial charge in [0.1, 0.15) is 5.75 Å². The summed E-state index contributed by atoms with van der Waals surface area (Å²) in [5.74, 6) is 0.402. The van der Waals surface area contributed by atoms with E-state index in [-0.39, 0.29) is 0 Å². The van der Waals surface area contributed by atoms with Crippen LogP contribution in [0.15, 0.2) is 47.5 Å². The van der Waals surface area contributed by atoms with Crippen molar-refractivity contribution in [2.45, 2.75) is 6.92 Å². The van der Waals surface area contributed by atoms with Crippen molar-refractivity contribution in [2.75, 3.05) is 7.05 Å². The molecule has 0 aliphatic rings. The first kappa shape index (κ1) is 18.7. The molecule has 2 aromatic carbocycles. The van der Waals surface area contributed by atoms with Crippen LogP contribution in [0.1, 0.15) is 11.1 Å². The minimum atomic E-state index is -0.556. The molecule has 0 amide bonds. The zero-order valence-electron chi connectivity index (χ0n) is 11.8. The van der Waals surface area contributed by atoms with Crippen LogP contribution in [0.2, 0.25) is 0 Å². The van der Waals surface area contributed by atoms with Crippen molar-refractivity contribution in [3.63, 3.8) is 0 Å². The molecule has 0 aliphatic carbocycles. The van der Waals surface area contributed by atoms with Gasteiger partial charge in [-0.2, -0.15) is 0 Å². The first-order valence-corrected chi connectivity index (χ1v) is 11.5. The van der Waals surface area contributed by atoms with Gasteiger partial charge in [0.2, 0.25) is 0 Å². The van der Waals surface area contributed by atoms with E-state index in [4.69, 9.17) is 18.6 Å². The molecule has 0 aliphatic heterocycles. The Morgan fingerprint density at radius 2 is 1.71 bits per heavy atom. The second kappa shape index (κ2) is 10.4. The third-order valence-corrected chi connectivity index (χ3v) is 4.13. The normalized spacial score (nSPS) is 10.7. The summed E-state index contributed by atoms with van der Waals surface area (Å²) in [4.78, 5) is 4.07. The Labute approximate surface area is 144 Å². The third-order valence-electron chi connectivity index (χ3n) is 2.74. The number of phenolic OH excluding ortho intramolecular Hbond substituents is 1. The fraction of sp³-hybridized carbons (Fsp3) is 0.133. The second-order valence-electron chi connectivity index (χ2n) is 4.14. The molecule has 2 rings (SSSR count).